The van der Waals surface area contributed by atoms with Gasteiger partial charge in [-0.1, -0.05) is 34.1 Å². The van der Waals surface area contributed by atoms with Gasteiger partial charge in [0.25, 0.3) is 0 Å². The van der Waals surface area contributed by atoms with Crippen LogP contribution in [0.3, 0.4) is 0 Å². The van der Waals surface area contributed by atoms with Crippen LogP contribution >= 0.6 is 15.9 Å². The molecule has 3 heteroatoms. The first-order valence-corrected chi connectivity index (χ1v) is 7.60. The zero-order chi connectivity index (χ0) is 12.5. The van der Waals surface area contributed by atoms with Gasteiger partial charge in [-0.25, -0.2) is 0 Å². The number of carbonyl (C=O) groups excluding carboxylic acids is 1. The third-order valence-corrected chi connectivity index (χ3v) is 4.80. The summed E-state index contributed by atoms with van der Waals surface area (Å²) >= 11 is 3.58. The normalized spacial score (nSPS) is 27.1. The number of hydrogen-bond acceptors (Lipinski definition) is 1. The molecule has 96 valence electrons. The van der Waals surface area contributed by atoms with E-state index in [2.05, 4.69) is 39.0 Å². The molecule has 0 N–H and O–H groups in total. The van der Waals surface area contributed by atoms with E-state index in [-0.39, 0.29) is 5.92 Å². The first-order valence-electron chi connectivity index (χ1n) is 6.80. The standard InChI is InChI=1S/C15H18BrNO/c16-14-7-3-2-6-11(14)12-10-13(12)15(18)17-8-4-1-5-9-17/h2-3,6-7,12-13H,1,4-5,8-10H2. The molecule has 2 fully saturated rings. The summed E-state index contributed by atoms with van der Waals surface area (Å²) < 4.78 is 1.14. The Bertz CT molecular complexity index is 454. The van der Waals surface area contributed by atoms with Crippen LogP contribution in [-0.2, 0) is 4.79 Å². The van der Waals surface area contributed by atoms with E-state index >= 15 is 0 Å². The van der Waals surface area contributed by atoms with Crippen molar-refractivity contribution in [2.75, 3.05) is 13.1 Å². The predicted molar refractivity (Wildman–Crippen MR) is 75.4 cm³/mol. The van der Waals surface area contributed by atoms with E-state index < -0.39 is 0 Å². The van der Waals surface area contributed by atoms with E-state index in [9.17, 15) is 4.79 Å². The van der Waals surface area contributed by atoms with Gasteiger partial charge in [-0.2, -0.15) is 0 Å². The molecule has 2 atom stereocenters. The number of likely N-dealkylation sites (tertiary alicyclic amines) is 1. The van der Waals surface area contributed by atoms with Crippen LogP contribution in [0.2, 0.25) is 0 Å². The Morgan fingerprint density at radius 3 is 2.61 bits per heavy atom. The summed E-state index contributed by atoms with van der Waals surface area (Å²) in [5.41, 5.74) is 1.30. The second-order valence-electron chi connectivity index (χ2n) is 5.36. The molecule has 1 saturated heterocycles. The molecule has 0 bridgehead atoms. The van der Waals surface area contributed by atoms with Crippen LogP contribution in [0.1, 0.15) is 37.2 Å². The minimum atomic E-state index is 0.238. The topological polar surface area (TPSA) is 20.3 Å². The fourth-order valence-electron chi connectivity index (χ4n) is 2.94. The zero-order valence-electron chi connectivity index (χ0n) is 10.4. The molecule has 0 radical (unpaired) electrons. The molecule has 3 rings (SSSR count). The Morgan fingerprint density at radius 1 is 1.17 bits per heavy atom. The molecule has 1 aromatic carbocycles. The number of rotatable bonds is 2. The number of halogens is 1. The highest BCUT2D eigenvalue weighted by molar-refractivity contribution is 9.10. The Hall–Kier alpha value is -0.830. The molecule has 1 saturated carbocycles. The fraction of sp³-hybridized carbons (Fsp3) is 0.533. The summed E-state index contributed by atoms with van der Waals surface area (Å²) in [5.74, 6) is 1.06. The summed E-state index contributed by atoms with van der Waals surface area (Å²) in [7, 11) is 0. The molecule has 2 nitrogen and oxygen atoms in total. The molecule has 2 aliphatic rings. The van der Waals surface area contributed by atoms with Gasteiger partial charge in [-0.15, -0.1) is 0 Å². The average Bonchev–Trinajstić information content (AvgIpc) is 3.20. The van der Waals surface area contributed by atoms with E-state index in [0.29, 0.717) is 11.8 Å². The summed E-state index contributed by atoms with van der Waals surface area (Å²) in [4.78, 5) is 14.4. The summed E-state index contributed by atoms with van der Waals surface area (Å²) in [6.45, 7) is 1.94. The quantitative estimate of drug-likeness (QED) is 0.818. The zero-order valence-corrected chi connectivity index (χ0v) is 12.0. The molecular weight excluding hydrogens is 290 g/mol. The van der Waals surface area contributed by atoms with E-state index in [1.54, 1.807) is 0 Å². The Kier molecular flexibility index (Phi) is 3.42. The van der Waals surface area contributed by atoms with E-state index in [1.807, 2.05) is 6.07 Å². The van der Waals surface area contributed by atoms with Gasteiger partial charge in [0.2, 0.25) is 5.91 Å². The van der Waals surface area contributed by atoms with Gasteiger partial charge in [-0.3, -0.25) is 4.79 Å². The van der Waals surface area contributed by atoms with Gasteiger partial charge in [0.1, 0.15) is 0 Å². The highest BCUT2D eigenvalue weighted by atomic mass is 79.9. The van der Waals surface area contributed by atoms with Crippen LogP contribution in [-0.4, -0.2) is 23.9 Å². The Labute approximate surface area is 116 Å². The van der Waals surface area contributed by atoms with Crippen molar-refractivity contribution in [3.05, 3.63) is 34.3 Å². The Morgan fingerprint density at radius 2 is 1.89 bits per heavy atom. The lowest BCUT2D eigenvalue weighted by Crippen LogP contribution is -2.36. The molecule has 0 spiro atoms. The van der Waals surface area contributed by atoms with Crippen LogP contribution in [0.15, 0.2) is 28.7 Å². The van der Waals surface area contributed by atoms with Crippen molar-refractivity contribution in [2.45, 2.75) is 31.6 Å². The van der Waals surface area contributed by atoms with Gasteiger partial charge in [0.05, 0.1) is 0 Å². The number of nitrogens with zero attached hydrogens (tertiary/aromatic N) is 1. The lowest BCUT2D eigenvalue weighted by molar-refractivity contribution is -0.133. The number of piperidine rings is 1. The largest absolute Gasteiger partial charge is 0.342 e. The molecule has 0 aromatic heterocycles. The van der Waals surface area contributed by atoms with Gasteiger partial charge < -0.3 is 4.90 Å². The maximum Gasteiger partial charge on any atom is 0.226 e. The van der Waals surface area contributed by atoms with E-state index in [0.717, 1.165) is 24.0 Å². The molecule has 1 heterocycles. The lowest BCUT2D eigenvalue weighted by Gasteiger charge is -2.27. The SMILES string of the molecule is O=C(C1CC1c1ccccc1Br)N1CCCCC1. The number of hydrogen-bond donors (Lipinski definition) is 0. The van der Waals surface area contributed by atoms with Crippen molar-refractivity contribution in [1.29, 1.82) is 0 Å². The van der Waals surface area contributed by atoms with E-state index in [1.165, 1.54) is 24.8 Å². The summed E-state index contributed by atoms with van der Waals surface area (Å²) in [6.07, 6.45) is 4.66. The van der Waals surface area contributed by atoms with Crippen molar-refractivity contribution in [2.24, 2.45) is 5.92 Å². The maximum atomic E-state index is 12.4. The van der Waals surface area contributed by atoms with E-state index in [4.69, 9.17) is 0 Å². The fourth-order valence-corrected chi connectivity index (χ4v) is 3.52. The molecule has 1 aliphatic carbocycles. The molecule has 1 amide bonds. The second kappa shape index (κ2) is 5.04. The minimum absolute atomic E-state index is 0.238. The number of carbonyl (C=O) groups is 1. The molecule has 18 heavy (non-hydrogen) atoms. The highest BCUT2D eigenvalue weighted by Crippen LogP contribution is 2.50. The second-order valence-corrected chi connectivity index (χ2v) is 6.21. The predicted octanol–water partition coefficient (Wildman–Crippen LogP) is 3.57. The van der Waals surface area contributed by atoms with Gasteiger partial charge in [-0.05, 0) is 43.2 Å². The van der Waals surface area contributed by atoms with Crippen LogP contribution < -0.4 is 0 Å². The highest BCUT2D eigenvalue weighted by Gasteiger charge is 2.46. The monoisotopic (exact) mass is 307 g/mol. The van der Waals surface area contributed by atoms with Gasteiger partial charge in [0, 0.05) is 23.5 Å². The van der Waals surface area contributed by atoms with Crippen LogP contribution in [0, 0.1) is 5.92 Å². The van der Waals surface area contributed by atoms with Crippen molar-refractivity contribution < 1.29 is 4.79 Å². The van der Waals surface area contributed by atoms with Gasteiger partial charge in [0.15, 0.2) is 0 Å². The summed E-state index contributed by atoms with van der Waals surface area (Å²) in [5, 5.41) is 0. The average molecular weight is 308 g/mol. The molecule has 2 unspecified atom stereocenters. The Balaban J connectivity index is 1.67. The summed E-state index contributed by atoms with van der Waals surface area (Å²) in [6, 6.07) is 8.28. The first-order chi connectivity index (χ1) is 8.77. The van der Waals surface area contributed by atoms with Crippen molar-refractivity contribution in [1.82, 2.24) is 4.90 Å². The third kappa shape index (κ3) is 2.33. The lowest BCUT2D eigenvalue weighted by atomic mass is 10.1. The maximum absolute atomic E-state index is 12.4. The van der Waals surface area contributed by atoms with Crippen LogP contribution in [0.25, 0.3) is 0 Å². The van der Waals surface area contributed by atoms with Crippen LogP contribution in [0.4, 0.5) is 0 Å². The van der Waals surface area contributed by atoms with Crippen molar-refractivity contribution in [3.63, 3.8) is 0 Å². The number of amides is 1. The van der Waals surface area contributed by atoms with Gasteiger partial charge >= 0.3 is 0 Å². The van der Waals surface area contributed by atoms with Crippen molar-refractivity contribution in [3.8, 4) is 0 Å². The van der Waals surface area contributed by atoms with Crippen LogP contribution in [0.5, 0.6) is 0 Å². The van der Waals surface area contributed by atoms with Crippen molar-refractivity contribution >= 4 is 21.8 Å². The molecular formula is C15H18BrNO. The molecule has 1 aliphatic heterocycles. The first kappa shape index (κ1) is 12.2. The number of benzene rings is 1. The smallest absolute Gasteiger partial charge is 0.226 e. The molecule has 1 aromatic rings. The third-order valence-electron chi connectivity index (χ3n) is 4.08. The minimum Gasteiger partial charge on any atom is -0.342 e.